The van der Waals surface area contributed by atoms with Gasteiger partial charge in [-0.2, -0.15) is 0 Å². The quantitative estimate of drug-likeness (QED) is 0.794. The number of hydrogen-bond donors (Lipinski definition) is 0. The lowest BCUT2D eigenvalue weighted by atomic mass is 10.1. The van der Waals surface area contributed by atoms with Gasteiger partial charge in [-0.05, 0) is 37.4 Å². The molecule has 0 spiro atoms. The highest BCUT2D eigenvalue weighted by molar-refractivity contribution is 9.10. The zero-order valence-electron chi connectivity index (χ0n) is 11.2. The molecule has 0 N–H and O–H groups in total. The lowest BCUT2D eigenvalue weighted by molar-refractivity contribution is 0.182. The van der Waals surface area contributed by atoms with Crippen LogP contribution in [0.4, 0.5) is 0 Å². The molecule has 0 fully saturated rings. The van der Waals surface area contributed by atoms with Gasteiger partial charge in [0.1, 0.15) is 17.6 Å². The number of rotatable bonds is 2. The van der Waals surface area contributed by atoms with Crippen molar-refractivity contribution in [3.63, 3.8) is 0 Å². The largest absolute Gasteiger partial charge is 0.486 e. The van der Waals surface area contributed by atoms with Gasteiger partial charge in [-0.25, -0.2) is 0 Å². The molecule has 108 valence electrons. The summed E-state index contributed by atoms with van der Waals surface area (Å²) in [4.78, 5) is 2.26. The molecule has 3 rings (SSSR count). The van der Waals surface area contributed by atoms with Gasteiger partial charge in [-0.1, -0.05) is 15.9 Å². The summed E-state index contributed by atoms with van der Waals surface area (Å²) < 4.78 is 12.7. The first-order valence-corrected chi connectivity index (χ1v) is 7.19. The van der Waals surface area contributed by atoms with Gasteiger partial charge in [0, 0.05) is 23.0 Å². The van der Waals surface area contributed by atoms with Crippen LogP contribution in [0, 0.1) is 0 Å². The fourth-order valence-corrected chi connectivity index (χ4v) is 2.65. The van der Waals surface area contributed by atoms with E-state index in [1.807, 2.05) is 30.3 Å². The van der Waals surface area contributed by atoms with Crippen LogP contribution < -0.4 is 4.74 Å². The van der Waals surface area contributed by atoms with E-state index in [2.05, 4.69) is 27.9 Å². The molecule has 1 aromatic carbocycles. The van der Waals surface area contributed by atoms with Crippen LogP contribution in [0.5, 0.6) is 5.75 Å². The lowest BCUT2D eigenvalue weighted by Gasteiger charge is -2.17. The Balaban J connectivity index is 0.00000147. The summed E-state index contributed by atoms with van der Waals surface area (Å²) in [7, 11) is 2.11. The number of nitrogens with zero attached hydrogens (tertiary/aromatic N) is 1. The van der Waals surface area contributed by atoms with Gasteiger partial charge < -0.3 is 9.15 Å². The average Bonchev–Trinajstić information content (AvgIpc) is 2.79. The first-order chi connectivity index (χ1) is 9.22. The Morgan fingerprint density at radius 1 is 1.25 bits per heavy atom. The Kier molecular flexibility index (Phi) is 5.13. The van der Waals surface area contributed by atoms with Crippen LogP contribution in [-0.2, 0) is 6.54 Å². The zero-order valence-corrected chi connectivity index (χ0v) is 13.6. The molecule has 0 saturated heterocycles. The van der Waals surface area contributed by atoms with E-state index in [0.29, 0.717) is 0 Å². The highest BCUT2D eigenvalue weighted by atomic mass is 79.9. The van der Waals surface area contributed by atoms with Gasteiger partial charge >= 0.3 is 0 Å². The zero-order chi connectivity index (χ0) is 13.2. The minimum atomic E-state index is 0. The van der Waals surface area contributed by atoms with Crippen LogP contribution in [0.15, 0.2) is 45.5 Å². The van der Waals surface area contributed by atoms with Crippen LogP contribution >= 0.6 is 28.3 Å². The number of ether oxygens (including phenoxy) is 1. The van der Waals surface area contributed by atoms with Gasteiger partial charge in [0.15, 0.2) is 0 Å². The minimum absolute atomic E-state index is 0. The van der Waals surface area contributed by atoms with E-state index in [0.717, 1.165) is 35.5 Å². The van der Waals surface area contributed by atoms with Crippen molar-refractivity contribution in [3.05, 3.63) is 52.4 Å². The molecule has 1 aromatic heterocycles. The Morgan fingerprint density at radius 3 is 2.75 bits per heavy atom. The maximum atomic E-state index is 6.12. The molecule has 1 aliphatic rings. The molecule has 20 heavy (non-hydrogen) atoms. The molecule has 1 aliphatic heterocycles. The van der Waals surface area contributed by atoms with Gasteiger partial charge in [-0.15, -0.1) is 12.4 Å². The van der Waals surface area contributed by atoms with E-state index >= 15 is 0 Å². The number of furan rings is 1. The molecule has 0 saturated carbocycles. The number of fused-ring (bicyclic) bond motifs is 1. The smallest absolute Gasteiger partial charge is 0.128 e. The monoisotopic (exact) mass is 357 g/mol. The van der Waals surface area contributed by atoms with Crippen molar-refractivity contribution in [2.45, 2.75) is 19.1 Å². The first kappa shape index (κ1) is 15.4. The van der Waals surface area contributed by atoms with Crippen molar-refractivity contribution in [1.82, 2.24) is 4.90 Å². The fourth-order valence-electron chi connectivity index (χ4n) is 2.38. The molecule has 3 nitrogen and oxygen atoms in total. The molecular weight excluding hydrogens is 342 g/mol. The molecule has 0 aliphatic carbocycles. The maximum absolute atomic E-state index is 6.12. The van der Waals surface area contributed by atoms with E-state index in [4.69, 9.17) is 9.15 Å². The predicted molar refractivity (Wildman–Crippen MR) is 84.4 cm³/mol. The topological polar surface area (TPSA) is 25.6 Å². The van der Waals surface area contributed by atoms with Crippen LogP contribution in [0.1, 0.15) is 23.8 Å². The normalized spacial score (nSPS) is 18.8. The second-order valence-corrected chi connectivity index (χ2v) is 5.80. The van der Waals surface area contributed by atoms with Gasteiger partial charge in [0.05, 0.1) is 12.8 Å². The van der Waals surface area contributed by atoms with E-state index in [9.17, 15) is 0 Å². The molecular formula is C15H17BrClNO2. The van der Waals surface area contributed by atoms with E-state index in [1.54, 1.807) is 6.26 Å². The van der Waals surface area contributed by atoms with Crippen molar-refractivity contribution in [2.75, 3.05) is 13.6 Å². The molecule has 1 unspecified atom stereocenters. The Labute approximate surface area is 133 Å². The highest BCUT2D eigenvalue weighted by Gasteiger charge is 2.24. The van der Waals surface area contributed by atoms with Crippen molar-refractivity contribution in [2.24, 2.45) is 0 Å². The van der Waals surface area contributed by atoms with Gasteiger partial charge in [0.25, 0.3) is 0 Å². The summed E-state index contributed by atoms with van der Waals surface area (Å²) in [5, 5.41) is 0. The molecule has 2 aromatic rings. The number of hydrogen-bond acceptors (Lipinski definition) is 3. The maximum Gasteiger partial charge on any atom is 0.128 e. The third kappa shape index (κ3) is 3.37. The Morgan fingerprint density at radius 2 is 2.00 bits per heavy atom. The summed E-state index contributed by atoms with van der Waals surface area (Å²) in [6.07, 6.45) is 2.79. The fraction of sp³-hybridized carbons (Fsp3) is 0.333. The Hall–Kier alpha value is -0.970. The number of halogens is 2. The van der Waals surface area contributed by atoms with E-state index in [-0.39, 0.29) is 18.5 Å². The minimum Gasteiger partial charge on any atom is -0.486 e. The molecule has 5 heteroatoms. The van der Waals surface area contributed by atoms with Crippen molar-refractivity contribution < 1.29 is 9.15 Å². The second kappa shape index (κ2) is 6.66. The van der Waals surface area contributed by atoms with Crippen molar-refractivity contribution in [1.29, 1.82) is 0 Å². The van der Waals surface area contributed by atoms with Crippen molar-refractivity contribution >= 4 is 28.3 Å². The van der Waals surface area contributed by atoms with E-state index in [1.165, 1.54) is 5.56 Å². The summed E-state index contributed by atoms with van der Waals surface area (Å²) >= 11 is 3.43. The molecule has 0 radical (unpaired) electrons. The summed E-state index contributed by atoms with van der Waals surface area (Å²) in [6.45, 7) is 1.86. The predicted octanol–water partition coefficient (Wildman–Crippen LogP) is 4.42. The van der Waals surface area contributed by atoms with Crippen molar-refractivity contribution in [3.8, 4) is 5.75 Å². The molecule has 1 atom stereocenters. The second-order valence-electron chi connectivity index (χ2n) is 4.89. The third-order valence-corrected chi connectivity index (χ3v) is 3.93. The van der Waals surface area contributed by atoms with Crippen LogP contribution in [0.25, 0.3) is 0 Å². The summed E-state index contributed by atoms with van der Waals surface area (Å²) in [5.41, 5.74) is 1.17. The van der Waals surface area contributed by atoms with Gasteiger partial charge in [-0.3, -0.25) is 4.90 Å². The van der Waals surface area contributed by atoms with E-state index < -0.39 is 0 Å². The number of benzene rings is 1. The molecule has 0 bridgehead atoms. The standard InChI is InChI=1S/C15H16BrNO2.ClH/c1-17-8-6-14(13-7-9-18-15(13)10-17)19-12-4-2-11(16)3-5-12;/h2-5,7,9,14H,6,8,10H2,1H3;1H. The summed E-state index contributed by atoms with van der Waals surface area (Å²) in [6, 6.07) is 9.98. The highest BCUT2D eigenvalue weighted by Crippen LogP contribution is 2.31. The average molecular weight is 359 g/mol. The van der Waals surface area contributed by atoms with Gasteiger partial charge in [0.2, 0.25) is 0 Å². The van der Waals surface area contributed by atoms with Crippen LogP contribution in [-0.4, -0.2) is 18.5 Å². The molecule has 0 amide bonds. The first-order valence-electron chi connectivity index (χ1n) is 6.39. The van der Waals surface area contributed by atoms with Crippen LogP contribution in [0.3, 0.4) is 0 Å². The van der Waals surface area contributed by atoms with Crippen LogP contribution in [0.2, 0.25) is 0 Å². The Bertz CT molecular complexity index is 555. The molecule has 2 heterocycles. The summed E-state index contributed by atoms with van der Waals surface area (Å²) in [5.74, 6) is 1.91. The SMILES string of the molecule is CN1CCC(Oc2ccc(Br)cc2)c2ccoc2C1.Cl. The third-order valence-electron chi connectivity index (χ3n) is 3.41. The lowest BCUT2D eigenvalue weighted by Crippen LogP contribution is -2.18.